The van der Waals surface area contributed by atoms with E-state index in [4.69, 9.17) is 29.4 Å². The maximum absolute atomic E-state index is 12.6. The van der Waals surface area contributed by atoms with Gasteiger partial charge in [0.15, 0.2) is 0 Å². The van der Waals surface area contributed by atoms with Gasteiger partial charge in [0.25, 0.3) is 0 Å². The van der Waals surface area contributed by atoms with E-state index in [0.29, 0.717) is 13.0 Å². The number of hydrogen-bond donors (Lipinski definition) is 3. The minimum absolute atomic E-state index is 0.0213. The molecule has 0 saturated heterocycles. The lowest BCUT2D eigenvalue weighted by Crippen LogP contribution is -2.34. The monoisotopic (exact) mass is 818 g/mol. The molecule has 4 N–H and O–H groups in total. The quantitative estimate of drug-likeness (QED) is 0.0234. The number of allylic oxidation sites excluding steroid dienone is 2. The summed E-state index contributed by atoms with van der Waals surface area (Å²) in [5, 5.41) is 8.90. The fraction of sp³-hybridized carbons (Fsp3) is 0.911. The van der Waals surface area contributed by atoms with E-state index in [1.165, 1.54) is 154 Å². The van der Waals surface area contributed by atoms with Gasteiger partial charge in [0.05, 0.1) is 19.8 Å². The molecule has 10 nitrogen and oxygen atoms in total. The Labute approximate surface area is 343 Å². The zero-order valence-corrected chi connectivity index (χ0v) is 37.1. The van der Waals surface area contributed by atoms with E-state index in [-0.39, 0.29) is 13.0 Å². The Kier molecular flexibility index (Phi) is 40.9. The fourth-order valence-corrected chi connectivity index (χ4v) is 7.44. The number of hydrogen-bond acceptors (Lipinski definition) is 8. The molecule has 0 heterocycles. The van der Waals surface area contributed by atoms with E-state index in [1.54, 1.807) is 0 Å². The molecule has 0 aromatic rings. The Morgan fingerprint density at radius 1 is 0.554 bits per heavy atom. The van der Waals surface area contributed by atoms with Crippen molar-refractivity contribution in [2.45, 2.75) is 238 Å². The van der Waals surface area contributed by atoms with Gasteiger partial charge in [0.1, 0.15) is 12.1 Å². The molecular formula is C45H88NO9P. The summed E-state index contributed by atoms with van der Waals surface area (Å²) < 4.78 is 33.4. The van der Waals surface area contributed by atoms with Crippen LogP contribution in [0.1, 0.15) is 226 Å². The van der Waals surface area contributed by atoms with Gasteiger partial charge in [-0.2, -0.15) is 0 Å². The molecule has 0 rings (SSSR count). The van der Waals surface area contributed by atoms with Crippen molar-refractivity contribution in [2.24, 2.45) is 5.73 Å². The summed E-state index contributed by atoms with van der Waals surface area (Å²) in [7, 11) is -4.61. The number of carboxylic acids is 1. The molecule has 0 aliphatic heterocycles. The summed E-state index contributed by atoms with van der Waals surface area (Å²) in [6.07, 6.45) is 44.0. The Balaban J connectivity index is 4.18. The van der Waals surface area contributed by atoms with Crippen LogP contribution in [0.2, 0.25) is 0 Å². The van der Waals surface area contributed by atoms with Crippen LogP contribution in [0.25, 0.3) is 0 Å². The van der Waals surface area contributed by atoms with Crippen LogP contribution < -0.4 is 5.73 Å². The predicted octanol–water partition coefficient (Wildman–Crippen LogP) is 12.9. The number of carbonyl (C=O) groups excluding carboxylic acids is 1. The summed E-state index contributed by atoms with van der Waals surface area (Å²) in [5.41, 5.74) is 5.36. The van der Waals surface area contributed by atoms with Crippen LogP contribution in [-0.2, 0) is 32.7 Å². The van der Waals surface area contributed by atoms with Gasteiger partial charge in [-0.3, -0.25) is 18.6 Å². The molecule has 0 aliphatic rings. The van der Waals surface area contributed by atoms with Crippen LogP contribution >= 0.6 is 7.82 Å². The van der Waals surface area contributed by atoms with Gasteiger partial charge >= 0.3 is 19.8 Å². The number of nitrogens with two attached hydrogens (primary N) is 1. The van der Waals surface area contributed by atoms with Gasteiger partial charge in [-0.15, -0.1) is 0 Å². The van der Waals surface area contributed by atoms with Gasteiger partial charge in [-0.1, -0.05) is 193 Å². The van der Waals surface area contributed by atoms with Gasteiger partial charge in [0, 0.05) is 13.0 Å². The smallest absolute Gasteiger partial charge is 0.472 e. The summed E-state index contributed by atoms with van der Waals surface area (Å²) in [6, 6.07) is -1.47. The van der Waals surface area contributed by atoms with Crippen LogP contribution in [-0.4, -0.2) is 60.5 Å². The van der Waals surface area contributed by atoms with Crippen molar-refractivity contribution in [2.75, 3.05) is 26.4 Å². The highest BCUT2D eigenvalue weighted by atomic mass is 31.2. The molecule has 0 radical (unpaired) electrons. The normalized spacial score (nSPS) is 13.9. The molecule has 3 atom stereocenters. The molecule has 0 amide bonds. The number of rotatable bonds is 45. The van der Waals surface area contributed by atoms with Crippen molar-refractivity contribution in [3.05, 3.63) is 12.2 Å². The molecule has 3 unspecified atom stereocenters. The molecule has 0 aromatic carbocycles. The molecule has 0 bridgehead atoms. The van der Waals surface area contributed by atoms with Crippen LogP contribution in [0.5, 0.6) is 0 Å². The maximum Gasteiger partial charge on any atom is 0.472 e. The third-order valence-corrected chi connectivity index (χ3v) is 11.2. The molecule has 0 saturated carbocycles. The number of carbonyl (C=O) groups is 2. The minimum atomic E-state index is -4.61. The lowest BCUT2D eigenvalue weighted by molar-refractivity contribution is -0.154. The second-order valence-corrected chi connectivity index (χ2v) is 17.3. The topological polar surface area (TPSA) is 155 Å². The van der Waals surface area contributed by atoms with E-state index >= 15 is 0 Å². The lowest BCUT2D eigenvalue weighted by Gasteiger charge is -2.20. The maximum atomic E-state index is 12.6. The van der Waals surface area contributed by atoms with Crippen molar-refractivity contribution >= 4 is 19.8 Å². The van der Waals surface area contributed by atoms with Crippen molar-refractivity contribution in [1.82, 2.24) is 0 Å². The summed E-state index contributed by atoms with van der Waals surface area (Å²) in [6.45, 7) is 3.92. The van der Waals surface area contributed by atoms with E-state index in [2.05, 4.69) is 26.0 Å². The first-order valence-corrected chi connectivity index (χ1v) is 24.7. The van der Waals surface area contributed by atoms with Crippen molar-refractivity contribution in [1.29, 1.82) is 0 Å². The fourth-order valence-electron chi connectivity index (χ4n) is 6.66. The van der Waals surface area contributed by atoms with Gasteiger partial charge in [-0.25, -0.2) is 4.57 Å². The van der Waals surface area contributed by atoms with Crippen LogP contribution in [0.4, 0.5) is 0 Å². The Morgan fingerprint density at radius 3 is 1.36 bits per heavy atom. The van der Waals surface area contributed by atoms with Crippen LogP contribution in [0.3, 0.4) is 0 Å². The number of esters is 1. The first kappa shape index (κ1) is 54.7. The molecular weight excluding hydrogens is 729 g/mol. The van der Waals surface area contributed by atoms with Gasteiger partial charge in [-0.05, 0) is 38.5 Å². The molecule has 332 valence electrons. The second kappa shape index (κ2) is 41.9. The average molecular weight is 818 g/mol. The highest BCUT2D eigenvalue weighted by Gasteiger charge is 2.27. The number of ether oxygens (including phenoxy) is 2. The molecule has 0 fully saturated rings. The van der Waals surface area contributed by atoms with Crippen molar-refractivity contribution in [3.63, 3.8) is 0 Å². The predicted molar refractivity (Wildman–Crippen MR) is 231 cm³/mol. The lowest BCUT2D eigenvalue weighted by atomic mass is 10.0. The first-order chi connectivity index (χ1) is 27.2. The summed E-state index contributed by atoms with van der Waals surface area (Å²) >= 11 is 0. The Bertz CT molecular complexity index is 951. The van der Waals surface area contributed by atoms with Gasteiger partial charge in [0.2, 0.25) is 0 Å². The SMILES string of the molecule is CCCCCCCC/C=C\CCCCCCCCCC(=O)OC(COCCCCCCCCCCCCCCCCCCC)COP(=O)(O)OCC(N)C(=O)O. The third kappa shape index (κ3) is 40.9. The Morgan fingerprint density at radius 2 is 0.929 bits per heavy atom. The Hall–Kier alpha value is -1.29. The van der Waals surface area contributed by atoms with Gasteiger partial charge < -0.3 is 25.2 Å². The zero-order chi connectivity index (χ0) is 41.2. The van der Waals surface area contributed by atoms with Crippen LogP contribution in [0.15, 0.2) is 12.2 Å². The molecule has 0 spiro atoms. The third-order valence-electron chi connectivity index (χ3n) is 10.3. The number of phosphoric acid groups is 1. The summed E-state index contributed by atoms with van der Waals surface area (Å²) in [5.74, 6) is -1.77. The first-order valence-electron chi connectivity index (χ1n) is 23.2. The van der Waals surface area contributed by atoms with Crippen molar-refractivity contribution < 1.29 is 42.7 Å². The largest absolute Gasteiger partial charge is 0.480 e. The van der Waals surface area contributed by atoms with E-state index in [1.807, 2.05) is 0 Å². The molecule has 11 heteroatoms. The molecule has 0 aliphatic carbocycles. The minimum Gasteiger partial charge on any atom is -0.480 e. The number of phosphoric ester groups is 1. The molecule has 56 heavy (non-hydrogen) atoms. The second-order valence-electron chi connectivity index (χ2n) is 15.9. The van der Waals surface area contributed by atoms with Crippen molar-refractivity contribution in [3.8, 4) is 0 Å². The molecule has 0 aromatic heterocycles. The van der Waals surface area contributed by atoms with E-state index in [0.717, 1.165) is 44.9 Å². The van der Waals surface area contributed by atoms with E-state index in [9.17, 15) is 19.0 Å². The zero-order valence-electron chi connectivity index (χ0n) is 36.2. The number of aliphatic carboxylic acids is 1. The standard InChI is InChI=1S/C45H88NO9P/c1-3-5-7-9-11-13-15-17-19-21-23-25-27-29-31-33-35-37-44(47)55-42(40-53-56(50,51)54-41-43(46)45(48)49)39-52-38-36-34-32-30-28-26-24-22-20-18-16-14-12-10-8-6-4-2/h17,19,42-43H,3-16,18,20-41,46H2,1-2H3,(H,48,49)(H,50,51)/b19-17-. The highest BCUT2D eigenvalue weighted by molar-refractivity contribution is 7.47. The van der Waals surface area contributed by atoms with Crippen LogP contribution in [0, 0.1) is 0 Å². The summed E-state index contributed by atoms with van der Waals surface area (Å²) in [4.78, 5) is 33.6. The average Bonchev–Trinajstić information content (AvgIpc) is 3.18. The van der Waals surface area contributed by atoms with E-state index < -0.39 is 45.1 Å². The highest BCUT2D eigenvalue weighted by Crippen LogP contribution is 2.43. The number of carboxylic acid groups (broad SMARTS) is 1. The number of unbranched alkanes of at least 4 members (excludes halogenated alkanes) is 29.